The highest BCUT2D eigenvalue weighted by Gasteiger charge is 2.23. The maximum Gasteiger partial charge on any atom is 0.255 e. The normalized spacial score (nSPS) is 16.7. The topological polar surface area (TPSA) is 97.0 Å². The van der Waals surface area contributed by atoms with E-state index in [2.05, 4.69) is 10.6 Å². The van der Waals surface area contributed by atoms with Crippen molar-refractivity contribution in [2.24, 2.45) is 0 Å². The number of amides is 3. The Bertz CT molecular complexity index is 677. The summed E-state index contributed by atoms with van der Waals surface area (Å²) in [7, 11) is 0. The number of nitrogens with zero attached hydrogens (tertiary/aromatic N) is 1. The molecule has 0 unspecified atom stereocenters. The number of benzene rings is 1. The third-order valence-corrected chi connectivity index (χ3v) is 3.92. The van der Waals surface area contributed by atoms with Crippen molar-refractivity contribution in [2.45, 2.75) is 26.9 Å². The lowest BCUT2D eigenvalue weighted by atomic mass is 10.1. The third kappa shape index (κ3) is 5.45. The number of nitrogens with one attached hydrogen (secondary N) is 2. The molecule has 2 N–H and O–H groups in total. The number of hydrogen-bond acceptors (Lipinski definition) is 5. The van der Waals surface area contributed by atoms with Crippen LogP contribution in [0.4, 0.5) is 5.69 Å². The third-order valence-electron chi connectivity index (χ3n) is 3.92. The predicted octanol–water partition coefficient (Wildman–Crippen LogP) is 1.02. The van der Waals surface area contributed by atoms with E-state index >= 15 is 0 Å². The number of ether oxygens (including phenoxy) is 2. The fraction of sp³-hybridized carbons (Fsp3) is 0.500. The lowest BCUT2D eigenvalue weighted by molar-refractivity contribution is -0.136. The van der Waals surface area contributed by atoms with Crippen LogP contribution in [0.3, 0.4) is 0 Å². The molecule has 0 bridgehead atoms. The lowest BCUT2D eigenvalue weighted by Gasteiger charge is -2.32. The van der Waals surface area contributed by atoms with E-state index in [9.17, 15) is 14.4 Å². The van der Waals surface area contributed by atoms with Crippen molar-refractivity contribution < 1.29 is 23.9 Å². The van der Waals surface area contributed by atoms with Gasteiger partial charge in [-0.1, -0.05) is 0 Å². The molecule has 1 heterocycles. The van der Waals surface area contributed by atoms with Crippen LogP contribution < -0.4 is 15.4 Å². The van der Waals surface area contributed by atoms with Crippen molar-refractivity contribution in [3.05, 3.63) is 23.8 Å². The molecule has 0 spiro atoms. The van der Waals surface area contributed by atoms with Crippen LogP contribution in [0.1, 0.15) is 31.1 Å². The van der Waals surface area contributed by atoms with Crippen LogP contribution in [-0.2, 0) is 14.3 Å². The van der Waals surface area contributed by atoms with Gasteiger partial charge in [0.25, 0.3) is 5.91 Å². The van der Waals surface area contributed by atoms with E-state index in [0.29, 0.717) is 49.8 Å². The molecule has 1 aromatic rings. The van der Waals surface area contributed by atoms with Crippen LogP contribution in [0.5, 0.6) is 5.75 Å². The van der Waals surface area contributed by atoms with Crippen molar-refractivity contribution >= 4 is 23.4 Å². The number of carbonyl (C=O) groups is 3. The van der Waals surface area contributed by atoms with Crippen LogP contribution in [0.25, 0.3) is 0 Å². The Balaban J connectivity index is 2.01. The molecule has 1 saturated heterocycles. The molecule has 0 radical (unpaired) electrons. The molecule has 0 saturated carbocycles. The summed E-state index contributed by atoms with van der Waals surface area (Å²) < 4.78 is 11.1. The molecule has 8 nitrogen and oxygen atoms in total. The Morgan fingerprint density at radius 2 is 2.08 bits per heavy atom. The molecule has 0 aromatic heterocycles. The average Bonchev–Trinajstić information content (AvgIpc) is 2.60. The number of rotatable bonds is 6. The molecule has 0 aliphatic carbocycles. The Labute approximate surface area is 152 Å². The summed E-state index contributed by atoms with van der Waals surface area (Å²) >= 11 is 0. The van der Waals surface area contributed by atoms with Crippen molar-refractivity contribution in [1.29, 1.82) is 0 Å². The van der Waals surface area contributed by atoms with Crippen LogP contribution in [0, 0.1) is 0 Å². The van der Waals surface area contributed by atoms with Gasteiger partial charge in [-0.25, -0.2) is 0 Å². The molecule has 8 heteroatoms. The molecule has 1 atom stereocenters. The number of morpholine rings is 1. The van der Waals surface area contributed by atoms with Gasteiger partial charge in [-0.05, 0) is 19.1 Å². The summed E-state index contributed by atoms with van der Waals surface area (Å²) in [6, 6.07) is 4.87. The second-order valence-corrected chi connectivity index (χ2v) is 5.99. The summed E-state index contributed by atoms with van der Waals surface area (Å²) in [5.41, 5.74) is 0.936. The Hall–Kier alpha value is -2.61. The number of hydrogen-bond donors (Lipinski definition) is 2. The first-order valence-electron chi connectivity index (χ1n) is 8.60. The van der Waals surface area contributed by atoms with Gasteiger partial charge in [0.15, 0.2) is 0 Å². The van der Waals surface area contributed by atoms with E-state index in [1.165, 1.54) is 13.8 Å². The van der Waals surface area contributed by atoms with Gasteiger partial charge in [0, 0.05) is 45.2 Å². The monoisotopic (exact) mass is 363 g/mol. The predicted molar refractivity (Wildman–Crippen MR) is 96.2 cm³/mol. The first-order chi connectivity index (χ1) is 12.4. The van der Waals surface area contributed by atoms with Gasteiger partial charge < -0.3 is 25.0 Å². The highest BCUT2D eigenvalue weighted by atomic mass is 16.5. The highest BCUT2D eigenvalue weighted by Crippen LogP contribution is 2.23. The molecular weight excluding hydrogens is 338 g/mol. The molecule has 1 aromatic carbocycles. The standard InChI is InChI=1S/C18H25N3O5/c1-4-25-17-9-14(20-12(2)22)5-6-16(17)18(24)19-10-15-11-21(13(3)23)7-8-26-15/h5-6,9,15H,4,7-8,10-11H2,1-3H3,(H,19,24)(H,20,22)/t15-/m0/s1. The molecule has 26 heavy (non-hydrogen) atoms. The van der Waals surface area contributed by atoms with E-state index in [1.807, 2.05) is 6.92 Å². The van der Waals surface area contributed by atoms with E-state index in [0.717, 1.165) is 0 Å². The van der Waals surface area contributed by atoms with Crippen LogP contribution >= 0.6 is 0 Å². The first kappa shape index (κ1) is 19.7. The van der Waals surface area contributed by atoms with Gasteiger partial charge >= 0.3 is 0 Å². The molecule has 2 rings (SSSR count). The zero-order chi connectivity index (χ0) is 19.1. The number of anilines is 1. The summed E-state index contributed by atoms with van der Waals surface area (Å²) in [5.74, 6) is -0.108. The van der Waals surface area contributed by atoms with Crippen molar-refractivity contribution in [1.82, 2.24) is 10.2 Å². The molecule has 142 valence electrons. The Kier molecular flexibility index (Phi) is 6.97. The van der Waals surface area contributed by atoms with E-state index in [1.54, 1.807) is 23.1 Å². The Morgan fingerprint density at radius 1 is 1.31 bits per heavy atom. The van der Waals surface area contributed by atoms with Crippen LogP contribution in [0.2, 0.25) is 0 Å². The second-order valence-electron chi connectivity index (χ2n) is 5.99. The SMILES string of the molecule is CCOc1cc(NC(C)=O)ccc1C(=O)NC[C@H]1CN(C(C)=O)CCO1. The van der Waals surface area contributed by atoms with Crippen LogP contribution in [0.15, 0.2) is 18.2 Å². The van der Waals surface area contributed by atoms with Gasteiger partial charge in [0.05, 0.1) is 24.9 Å². The van der Waals surface area contributed by atoms with Gasteiger partial charge in [0.1, 0.15) is 5.75 Å². The van der Waals surface area contributed by atoms with E-state index < -0.39 is 0 Å². The Morgan fingerprint density at radius 3 is 2.73 bits per heavy atom. The van der Waals surface area contributed by atoms with Crippen molar-refractivity contribution in [3.63, 3.8) is 0 Å². The summed E-state index contributed by atoms with van der Waals surface area (Å²) in [5, 5.41) is 5.48. The molecule has 3 amide bonds. The maximum absolute atomic E-state index is 12.5. The van der Waals surface area contributed by atoms with E-state index in [-0.39, 0.29) is 23.8 Å². The molecule has 1 aliphatic heterocycles. The van der Waals surface area contributed by atoms with E-state index in [4.69, 9.17) is 9.47 Å². The maximum atomic E-state index is 12.5. The van der Waals surface area contributed by atoms with Crippen LogP contribution in [-0.4, -0.2) is 61.6 Å². The fourth-order valence-corrected chi connectivity index (χ4v) is 2.70. The summed E-state index contributed by atoms with van der Waals surface area (Å²) in [4.78, 5) is 36.9. The summed E-state index contributed by atoms with van der Waals surface area (Å²) in [6.45, 7) is 6.91. The minimum absolute atomic E-state index is 0.00295. The fourth-order valence-electron chi connectivity index (χ4n) is 2.70. The first-order valence-corrected chi connectivity index (χ1v) is 8.60. The smallest absolute Gasteiger partial charge is 0.255 e. The second kappa shape index (κ2) is 9.19. The average molecular weight is 363 g/mol. The molecule has 1 fully saturated rings. The van der Waals surface area contributed by atoms with Crippen molar-refractivity contribution in [3.8, 4) is 5.75 Å². The summed E-state index contributed by atoms with van der Waals surface area (Å²) in [6.07, 6.45) is -0.245. The number of carbonyl (C=O) groups excluding carboxylic acids is 3. The minimum atomic E-state index is -0.300. The van der Waals surface area contributed by atoms with Gasteiger partial charge in [-0.3, -0.25) is 14.4 Å². The van der Waals surface area contributed by atoms with Gasteiger partial charge in [0.2, 0.25) is 11.8 Å². The van der Waals surface area contributed by atoms with Gasteiger partial charge in [-0.2, -0.15) is 0 Å². The lowest BCUT2D eigenvalue weighted by Crippen LogP contribution is -2.49. The zero-order valence-electron chi connectivity index (χ0n) is 15.3. The zero-order valence-corrected chi connectivity index (χ0v) is 15.3. The van der Waals surface area contributed by atoms with Crippen molar-refractivity contribution in [2.75, 3.05) is 38.2 Å². The van der Waals surface area contributed by atoms with Gasteiger partial charge in [-0.15, -0.1) is 0 Å². The largest absolute Gasteiger partial charge is 0.493 e. The highest BCUT2D eigenvalue weighted by molar-refractivity contribution is 5.98. The minimum Gasteiger partial charge on any atom is -0.493 e. The molecular formula is C18H25N3O5. The molecule has 1 aliphatic rings. The quantitative estimate of drug-likeness (QED) is 0.787.